The molecule has 0 aromatic heterocycles. The maximum atomic E-state index is 12.5. The zero-order valence-corrected chi connectivity index (χ0v) is 14.5. The highest BCUT2D eigenvalue weighted by atomic mass is 16.6. The molecule has 0 rings (SSSR count). The second kappa shape index (κ2) is 9.80. The molecule has 124 valence electrons. The number of hydrogen-bond donors (Lipinski definition) is 0. The van der Waals surface area contributed by atoms with Gasteiger partial charge in [-0.3, -0.25) is 9.59 Å². The van der Waals surface area contributed by atoms with Crippen LogP contribution in [0.25, 0.3) is 0 Å². The minimum absolute atomic E-state index is 0.281. The van der Waals surface area contributed by atoms with Crippen LogP contribution in [0.3, 0.4) is 0 Å². The molecule has 0 saturated heterocycles. The van der Waals surface area contributed by atoms with E-state index in [0.717, 1.165) is 12.8 Å². The number of carbonyl (C=O) groups is 2. The number of hydrogen-bond acceptors (Lipinski definition) is 4. The Morgan fingerprint density at radius 3 is 1.38 bits per heavy atom. The Labute approximate surface area is 129 Å². The van der Waals surface area contributed by atoms with E-state index in [1.165, 1.54) is 0 Å². The molecule has 0 fully saturated rings. The molecule has 0 radical (unpaired) electrons. The van der Waals surface area contributed by atoms with Crippen LogP contribution in [-0.2, 0) is 19.1 Å². The van der Waals surface area contributed by atoms with E-state index in [-0.39, 0.29) is 13.2 Å². The fourth-order valence-electron chi connectivity index (χ4n) is 2.23. The Kier molecular flexibility index (Phi) is 9.31. The zero-order valence-electron chi connectivity index (χ0n) is 14.5. The van der Waals surface area contributed by atoms with Crippen LogP contribution >= 0.6 is 0 Å². The Morgan fingerprint density at radius 2 is 1.14 bits per heavy atom. The van der Waals surface area contributed by atoms with Crippen molar-refractivity contribution in [2.24, 2.45) is 17.3 Å². The molecular weight excluding hydrogens is 268 g/mol. The predicted molar refractivity (Wildman–Crippen MR) is 83.8 cm³/mol. The standard InChI is InChI=1S/C17H32O4/c1-7-20-15(18)17(11-9-13(3)4,12-10-14(5)6)16(19)21-8-2/h13-14H,7-12H2,1-6H3. The summed E-state index contributed by atoms with van der Waals surface area (Å²) in [4.78, 5) is 25.0. The molecular formula is C17H32O4. The first-order chi connectivity index (χ1) is 9.80. The summed E-state index contributed by atoms with van der Waals surface area (Å²) in [6, 6.07) is 0. The van der Waals surface area contributed by atoms with Gasteiger partial charge >= 0.3 is 11.9 Å². The largest absolute Gasteiger partial charge is 0.465 e. The van der Waals surface area contributed by atoms with E-state index in [9.17, 15) is 9.59 Å². The third-order valence-electron chi connectivity index (χ3n) is 3.63. The third kappa shape index (κ3) is 6.49. The van der Waals surface area contributed by atoms with Crippen molar-refractivity contribution >= 4 is 11.9 Å². The smallest absolute Gasteiger partial charge is 0.323 e. The Morgan fingerprint density at radius 1 is 0.810 bits per heavy atom. The summed E-state index contributed by atoms with van der Waals surface area (Å²) in [6.07, 6.45) is 2.59. The lowest BCUT2D eigenvalue weighted by Crippen LogP contribution is -2.42. The summed E-state index contributed by atoms with van der Waals surface area (Å²) < 4.78 is 10.4. The van der Waals surface area contributed by atoms with Gasteiger partial charge in [-0.1, -0.05) is 27.7 Å². The Hall–Kier alpha value is -1.06. The summed E-state index contributed by atoms with van der Waals surface area (Å²) in [6.45, 7) is 12.4. The van der Waals surface area contributed by atoms with Crippen LogP contribution in [0.1, 0.15) is 67.2 Å². The minimum atomic E-state index is -1.14. The summed E-state index contributed by atoms with van der Waals surface area (Å²) >= 11 is 0. The lowest BCUT2D eigenvalue weighted by Gasteiger charge is -2.30. The van der Waals surface area contributed by atoms with Crippen molar-refractivity contribution in [2.45, 2.75) is 67.2 Å². The topological polar surface area (TPSA) is 52.6 Å². The van der Waals surface area contributed by atoms with Crippen molar-refractivity contribution in [3.8, 4) is 0 Å². The lowest BCUT2D eigenvalue weighted by atomic mass is 9.76. The summed E-state index contributed by atoms with van der Waals surface area (Å²) in [7, 11) is 0. The van der Waals surface area contributed by atoms with Crippen molar-refractivity contribution in [3.63, 3.8) is 0 Å². The van der Waals surface area contributed by atoms with Crippen molar-refractivity contribution in [2.75, 3.05) is 13.2 Å². The van der Waals surface area contributed by atoms with Gasteiger partial charge < -0.3 is 9.47 Å². The van der Waals surface area contributed by atoms with E-state index >= 15 is 0 Å². The van der Waals surface area contributed by atoms with Gasteiger partial charge in [0.25, 0.3) is 0 Å². The predicted octanol–water partition coefficient (Wildman–Crippen LogP) is 3.97. The molecule has 0 aromatic carbocycles. The van der Waals surface area contributed by atoms with Crippen LogP contribution in [-0.4, -0.2) is 25.2 Å². The first-order valence-electron chi connectivity index (χ1n) is 8.14. The second-order valence-corrected chi connectivity index (χ2v) is 6.39. The van der Waals surface area contributed by atoms with Gasteiger partial charge in [-0.25, -0.2) is 0 Å². The van der Waals surface area contributed by atoms with E-state index in [4.69, 9.17) is 9.47 Å². The van der Waals surface area contributed by atoms with Gasteiger partial charge in [0.05, 0.1) is 13.2 Å². The molecule has 0 spiro atoms. The summed E-state index contributed by atoms with van der Waals surface area (Å²) in [5.41, 5.74) is -1.14. The molecule has 0 aliphatic carbocycles. The molecule has 0 heterocycles. The van der Waals surface area contributed by atoms with Crippen LogP contribution in [0.15, 0.2) is 0 Å². The van der Waals surface area contributed by atoms with Crippen molar-refractivity contribution in [3.05, 3.63) is 0 Å². The molecule has 4 nitrogen and oxygen atoms in total. The molecule has 0 bridgehead atoms. The molecule has 0 aliphatic heterocycles. The van der Waals surface area contributed by atoms with Crippen molar-refractivity contribution in [1.29, 1.82) is 0 Å². The first-order valence-corrected chi connectivity index (χ1v) is 8.14. The Balaban J connectivity index is 5.34. The second-order valence-electron chi connectivity index (χ2n) is 6.39. The van der Waals surface area contributed by atoms with Crippen LogP contribution < -0.4 is 0 Å². The van der Waals surface area contributed by atoms with Gasteiger partial charge in [0.15, 0.2) is 5.41 Å². The summed E-state index contributed by atoms with van der Waals surface area (Å²) in [5.74, 6) is -0.00550. The van der Waals surface area contributed by atoms with Crippen LogP contribution in [0.4, 0.5) is 0 Å². The van der Waals surface area contributed by atoms with E-state index < -0.39 is 17.4 Å². The average molecular weight is 300 g/mol. The molecule has 0 saturated carbocycles. The molecule has 4 heteroatoms. The monoisotopic (exact) mass is 300 g/mol. The van der Waals surface area contributed by atoms with E-state index in [2.05, 4.69) is 27.7 Å². The van der Waals surface area contributed by atoms with E-state index in [1.807, 2.05) is 0 Å². The minimum Gasteiger partial charge on any atom is -0.465 e. The van der Waals surface area contributed by atoms with Gasteiger partial charge in [0.1, 0.15) is 0 Å². The van der Waals surface area contributed by atoms with E-state index in [1.54, 1.807) is 13.8 Å². The van der Waals surface area contributed by atoms with Gasteiger partial charge in [0, 0.05) is 0 Å². The highest BCUT2D eigenvalue weighted by molar-refractivity contribution is 6.00. The number of rotatable bonds is 10. The lowest BCUT2D eigenvalue weighted by molar-refractivity contribution is -0.174. The molecule has 0 N–H and O–H groups in total. The molecule has 0 aromatic rings. The normalized spacial score (nSPS) is 11.8. The number of ether oxygens (including phenoxy) is 2. The SMILES string of the molecule is CCOC(=O)C(CCC(C)C)(CCC(C)C)C(=O)OCC. The highest BCUT2D eigenvalue weighted by Crippen LogP contribution is 2.36. The van der Waals surface area contributed by atoms with Crippen molar-refractivity contribution in [1.82, 2.24) is 0 Å². The van der Waals surface area contributed by atoms with E-state index in [0.29, 0.717) is 24.7 Å². The number of carbonyl (C=O) groups excluding carboxylic acids is 2. The fraction of sp³-hybridized carbons (Fsp3) is 0.882. The van der Waals surface area contributed by atoms with Gasteiger partial charge in [0.2, 0.25) is 0 Å². The first kappa shape index (κ1) is 19.9. The van der Waals surface area contributed by atoms with Crippen LogP contribution in [0.5, 0.6) is 0 Å². The highest BCUT2D eigenvalue weighted by Gasteiger charge is 2.48. The quantitative estimate of drug-likeness (QED) is 0.452. The summed E-state index contributed by atoms with van der Waals surface area (Å²) in [5, 5.41) is 0. The van der Waals surface area contributed by atoms with Gasteiger partial charge in [-0.05, 0) is 51.4 Å². The maximum Gasteiger partial charge on any atom is 0.323 e. The molecule has 0 aliphatic rings. The average Bonchev–Trinajstić information content (AvgIpc) is 2.39. The maximum absolute atomic E-state index is 12.5. The van der Waals surface area contributed by atoms with Crippen LogP contribution in [0.2, 0.25) is 0 Å². The van der Waals surface area contributed by atoms with Crippen molar-refractivity contribution < 1.29 is 19.1 Å². The van der Waals surface area contributed by atoms with Crippen LogP contribution in [0, 0.1) is 17.3 Å². The van der Waals surface area contributed by atoms with Gasteiger partial charge in [-0.2, -0.15) is 0 Å². The third-order valence-corrected chi connectivity index (χ3v) is 3.63. The molecule has 0 atom stereocenters. The fourth-order valence-corrected chi connectivity index (χ4v) is 2.23. The number of esters is 2. The van der Waals surface area contributed by atoms with Gasteiger partial charge in [-0.15, -0.1) is 0 Å². The molecule has 0 amide bonds. The zero-order chi connectivity index (χ0) is 16.5. The molecule has 0 unspecified atom stereocenters. The Bertz CT molecular complexity index is 289. The molecule has 21 heavy (non-hydrogen) atoms.